The van der Waals surface area contributed by atoms with Gasteiger partial charge < -0.3 is 34.7 Å². The van der Waals surface area contributed by atoms with E-state index in [0.29, 0.717) is 17.6 Å². The SMILES string of the molecule is CB(O)c1ccc(/C=C/c2ccccc2O)cc1.CB(O)c1ccc(C2CC2c2ccc(O)cc2)cc1.CC1(C)OB(c2ccc(/C=C/c3ccccc3O)cc2)OC1(C)C. The van der Waals surface area contributed by atoms with E-state index in [0.717, 1.165) is 38.6 Å². The van der Waals surface area contributed by atoms with E-state index in [1.165, 1.54) is 17.5 Å². The van der Waals surface area contributed by atoms with Gasteiger partial charge in [-0.3, -0.25) is 0 Å². The van der Waals surface area contributed by atoms with Gasteiger partial charge in [-0.15, -0.1) is 0 Å². The van der Waals surface area contributed by atoms with Gasteiger partial charge in [0.25, 0.3) is 0 Å². The first-order chi connectivity index (χ1) is 29.1. The smallest absolute Gasteiger partial charge is 0.494 e. The Morgan fingerprint density at radius 3 is 1.30 bits per heavy atom. The Morgan fingerprint density at radius 1 is 0.508 bits per heavy atom. The normalized spacial score (nSPS) is 17.3. The predicted molar refractivity (Wildman–Crippen MR) is 254 cm³/mol. The van der Waals surface area contributed by atoms with Crippen LogP contribution in [0.2, 0.25) is 13.6 Å². The van der Waals surface area contributed by atoms with Gasteiger partial charge in [0.05, 0.1) is 11.2 Å². The van der Waals surface area contributed by atoms with Crippen molar-refractivity contribution in [1.82, 2.24) is 0 Å². The van der Waals surface area contributed by atoms with Crippen molar-refractivity contribution in [1.29, 1.82) is 0 Å². The summed E-state index contributed by atoms with van der Waals surface area (Å²) in [5.41, 5.74) is 8.51. The molecule has 1 saturated heterocycles. The van der Waals surface area contributed by atoms with Crippen LogP contribution in [0.5, 0.6) is 17.2 Å². The predicted octanol–water partition coefficient (Wildman–Crippen LogP) is 8.73. The summed E-state index contributed by atoms with van der Waals surface area (Å²) in [6, 6.07) is 46.0. The molecule has 6 aromatic carbocycles. The fourth-order valence-corrected chi connectivity index (χ4v) is 6.93. The molecule has 1 aliphatic carbocycles. The highest BCUT2D eigenvalue weighted by Crippen LogP contribution is 2.54. The second-order valence-corrected chi connectivity index (χ2v) is 16.8. The van der Waals surface area contributed by atoms with Gasteiger partial charge in [0, 0.05) is 11.1 Å². The van der Waals surface area contributed by atoms with E-state index in [2.05, 4.69) is 39.8 Å². The van der Waals surface area contributed by atoms with E-state index < -0.39 is 13.8 Å². The lowest BCUT2D eigenvalue weighted by molar-refractivity contribution is 0.00578. The first kappa shape index (κ1) is 44.8. The van der Waals surface area contributed by atoms with Crippen LogP contribution >= 0.6 is 0 Å². The lowest BCUT2D eigenvalue weighted by Crippen LogP contribution is -2.41. The lowest BCUT2D eigenvalue weighted by Gasteiger charge is -2.32. The van der Waals surface area contributed by atoms with Crippen molar-refractivity contribution in [2.45, 2.75) is 70.8 Å². The number of aromatic hydroxyl groups is 3. The fourth-order valence-electron chi connectivity index (χ4n) is 6.93. The number of benzene rings is 6. The third-order valence-corrected chi connectivity index (χ3v) is 11.6. The third kappa shape index (κ3) is 12.0. The Balaban J connectivity index is 0.000000155. The molecule has 1 aliphatic heterocycles. The number of hydrogen-bond donors (Lipinski definition) is 5. The van der Waals surface area contributed by atoms with E-state index in [1.54, 1.807) is 44.0 Å². The minimum absolute atomic E-state index is 0.273. The van der Waals surface area contributed by atoms with Crippen molar-refractivity contribution < 1.29 is 34.7 Å². The van der Waals surface area contributed by atoms with Gasteiger partial charge in [0.15, 0.2) is 0 Å². The molecule has 2 fully saturated rings. The Morgan fingerprint density at radius 2 is 0.885 bits per heavy atom. The molecule has 10 heteroatoms. The largest absolute Gasteiger partial charge is 0.508 e. The van der Waals surface area contributed by atoms with Gasteiger partial charge in [-0.1, -0.05) is 159 Å². The minimum atomic E-state index is -0.443. The zero-order valence-corrected chi connectivity index (χ0v) is 35.8. The van der Waals surface area contributed by atoms with Crippen LogP contribution < -0.4 is 16.4 Å². The third-order valence-electron chi connectivity index (χ3n) is 11.6. The van der Waals surface area contributed by atoms with Crippen LogP contribution in [0.3, 0.4) is 0 Å². The summed E-state index contributed by atoms with van der Waals surface area (Å²) in [6.07, 6.45) is 8.84. The number of phenols is 3. The summed E-state index contributed by atoms with van der Waals surface area (Å²) in [6.45, 7) is 10.9. The molecule has 0 bridgehead atoms. The highest BCUT2D eigenvalue weighted by atomic mass is 16.7. The van der Waals surface area contributed by atoms with Crippen molar-refractivity contribution in [2.24, 2.45) is 0 Å². The van der Waals surface area contributed by atoms with Crippen LogP contribution in [0.1, 0.15) is 79.3 Å². The van der Waals surface area contributed by atoms with Crippen molar-refractivity contribution in [2.75, 3.05) is 0 Å². The zero-order valence-electron chi connectivity index (χ0n) is 35.8. The molecule has 0 aromatic heterocycles. The standard InChI is InChI=1S/C20H23BO3.C16H17BO2.C15H15BO2/c1-19(2)20(3,4)24-21(23-19)17-13-10-15(11-14-17)9-12-16-7-5-6-8-18(16)22;1-17(19)13-6-2-11(3-7-13)15-10-16(15)12-4-8-14(18)9-5-12;1-16(18)14-10-7-12(8-11-14)6-9-13-4-2-3-5-15(13)17/h5-14,22H,1-4H3;2-9,15-16,18-19H,10H2,1H3;2-11,17-18H,1H3/b12-9+;;9-6+. The Bertz CT molecular complexity index is 2370. The molecule has 0 spiro atoms. The summed E-state index contributed by atoms with van der Waals surface area (Å²) in [4.78, 5) is 0. The maximum Gasteiger partial charge on any atom is 0.494 e. The molecule has 2 aliphatic rings. The van der Waals surface area contributed by atoms with Gasteiger partial charge in [-0.2, -0.15) is 0 Å². The second-order valence-electron chi connectivity index (χ2n) is 16.8. The molecule has 7 nitrogen and oxygen atoms in total. The number of hydrogen-bond acceptors (Lipinski definition) is 7. The van der Waals surface area contributed by atoms with Gasteiger partial charge in [-0.05, 0) is 109 Å². The maximum absolute atomic E-state index is 9.79. The second kappa shape index (κ2) is 19.7. The Labute approximate surface area is 362 Å². The lowest BCUT2D eigenvalue weighted by atomic mass is 9.64. The number of phenolic OH excluding ortho intramolecular Hbond substituents is 3. The highest BCUT2D eigenvalue weighted by molar-refractivity contribution is 6.65. The molecular weight excluding hydrogens is 757 g/mol. The van der Waals surface area contributed by atoms with Crippen LogP contribution in [0.15, 0.2) is 146 Å². The monoisotopic (exact) mass is 812 g/mol. The topological polar surface area (TPSA) is 120 Å². The van der Waals surface area contributed by atoms with Crippen LogP contribution in [-0.2, 0) is 9.31 Å². The van der Waals surface area contributed by atoms with Crippen molar-refractivity contribution in [3.05, 3.63) is 179 Å². The van der Waals surface area contributed by atoms with Crippen LogP contribution in [0.25, 0.3) is 24.3 Å². The van der Waals surface area contributed by atoms with Gasteiger partial charge in [0.1, 0.15) is 17.2 Å². The molecule has 0 amide bonds. The van der Waals surface area contributed by atoms with E-state index in [-0.39, 0.29) is 29.8 Å². The van der Waals surface area contributed by atoms with E-state index in [1.807, 2.05) is 127 Å². The van der Waals surface area contributed by atoms with Crippen molar-refractivity contribution in [3.8, 4) is 17.2 Å². The van der Waals surface area contributed by atoms with Crippen LogP contribution in [-0.4, -0.2) is 57.5 Å². The van der Waals surface area contributed by atoms with Crippen LogP contribution in [0.4, 0.5) is 0 Å². The first-order valence-corrected chi connectivity index (χ1v) is 20.8. The van der Waals surface area contributed by atoms with Gasteiger partial charge in [-0.25, -0.2) is 0 Å². The summed E-state index contributed by atoms with van der Waals surface area (Å²) >= 11 is 0. The fraction of sp³-hybridized carbons (Fsp3) is 0.216. The highest BCUT2D eigenvalue weighted by Gasteiger charge is 2.51. The molecule has 2 atom stereocenters. The zero-order chi connectivity index (χ0) is 43.7. The van der Waals surface area contributed by atoms with Gasteiger partial charge >= 0.3 is 20.9 Å². The molecule has 1 heterocycles. The maximum atomic E-state index is 9.79. The molecule has 0 radical (unpaired) electrons. The molecule has 6 aromatic rings. The summed E-state index contributed by atoms with van der Waals surface area (Å²) in [5, 5.41) is 47.6. The summed E-state index contributed by atoms with van der Waals surface area (Å²) in [7, 11) is -0.341. The molecule has 61 heavy (non-hydrogen) atoms. The van der Waals surface area contributed by atoms with E-state index >= 15 is 0 Å². The Hall–Kier alpha value is -5.77. The quantitative estimate of drug-likeness (QED) is 0.0732. The molecule has 1 saturated carbocycles. The summed E-state index contributed by atoms with van der Waals surface area (Å²) in [5.74, 6) is 2.02. The number of para-hydroxylation sites is 2. The van der Waals surface area contributed by atoms with Crippen molar-refractivity contribution in [3.63, 3.8) is 0 Å². The molecule has 2 unspecified atom stereocenters. The first-order valence-electron chi connectivity index (χ1n) is 20.8. The minimum Gasteiger partial charge on any atom is -0.508 e. The Kier molecular flexibility index (Phi) is 14.5. The number of rotatable bonds is 9. The average molecular weight is 812 g/mol. The molecule has 5 N–H and O–H groups in total. The average Bonchev–Trinajstić information content (AvgIpc) is 4.01. The molecular formula is C51H55B3O7. The van der Waals surface area contributed by atoms with Crippen molar-refractivity contribution >= 4 is 61.6 Å². The molecule has 310 valence electrons. The van der Waals surface area contributed by atoms with Gasteiger partial charge in [0.2, 0.25) is 0 Å². The van der Waals surface area contributed by atoms with Crippen LogP contribution in [0, 0.1) is 0 Å². The summed E-state index contributed by atoms with van der Waals surface area (Å²) < 4.78 is 12.1. The van der Waals surface area contributed by atoms with E-state index in [4.69, 9.17) is 9.31 Å². The molecule has 8 rings (SSSR count). The van der Waals surface area contributed by atoms with E-state index in [9.17, 15) is 25.4 Å².